The maximum absolute atomic E-state index is 10.2. The highest BCUT2D eigenvalue weighted by atomic mass is 32.2. The first-order valence-electron chi connectivity index (χ1n) is 6.68. The van der Waals surface area contributed by atoms with Crippen LogP contribution >= 0.6 is 0 Å². The average molecular weight is 246 g/mol. The molecule has 0 aliphatic rings. The van der Waals surface area contributed by atoms with Crippen LogP contribution in [0.2, 0.25) is 0 Å². The highest BCUT2D eigenvalue weighted by Crippen LogP contribution is 2.10. The van der Waals surface area contributed by atoms with Gasteiger partial charge in [-0.25, -0.2) is 0 Å². The molecule has 96 valence electrons. The van der Waals surface area contributed by atoms with E-state index in [4.69, 9.17) is 0 Å². The maximum Gasteiger partial charge on any atom is 0.209 e. The summed E-state index contributed by atoms with van der Waals surface area (Å²) in [5, 5.41) is 1.37. The number of unbranched alkanes of at least 4 members (excludes halogenated alkanes) is 10. The lowest BCUT2D eigenvalue weighted by Gasteiger charge is -2.00. The molecule has 2 nitrogen and oxygen atoms in total. The molecule has 0 aliphatic carbocycles. The first-order valence-corrected chi connectivity index (χ1v) is 7.82. The summed E-state index contributed by atoms with van der Waals surface area (Å²) in [6, 6.07) is 0. The van der Waals surface area contributed by atoms with Crippen molar-refractivity contribution in [1.82, 2.24) is 0 Å². The van der Waals surface area contributed by atoms with Crippen molar-refractivity contribution in [1.29, 1.82) is 0 Å². The van der Waals surface area contributed by atoms with Gasteiger partial charge in [-0.05, 0) is 12.8 Å². The van der Waals surface area contributed by atoms with Gasteiger partial charge in [-0.3, -0.25) is 0 Å². The number of rotatable bonds is 11. The molecule has 0 heterocycles. The van der Waals surface area contributed by atoms with Crippen molar-refractivity contribution in [2.75, 3.05) is 0 Å². The first kappa shape index (κ1) is 15.7. The van der Waals surface area contributed by atoms with Crippen LogP contribution in [0.5, 0.6) is 0 Å². The van der Waals surface area contributed by atoms with Crippen LogP contribution in [-0.4, -0.2) is 13.8 Å². The van der Waals surface area contributed by atoms with Crippen molar-refractivity contribution in [2.45, 2.75) is 77.6 Å². The molecule has 0 aromatic carbocycles. The van der Waals surface area contributed by atoms with Gasteiger partial charge in [-0.15, -0.1) is 0 Å². The Bertz CT molecular complexity index is 247. The topological polar surface area (TPSA) is 34.1 Å². The molecule has 0 aliphatic heterocycles. The summed E-state index contributed by atoms with van der Waals surface area (Å²) in [5.74, 6) is 0. The molecule has 0 radical (unpaired) electrons. The normalized spacial score (nSPS) is 10.3. The zero-order valence-corrected chi connectivity index (χ0v) is 11.4. The molecule has 3 heteroatoms. The third kappa shape index (κ3) is 13.7. The molecule has 0 spiro atoms. The number of hydrogen-bond acceptors (Lipinski definition) is 2. The van der Waals surface area contributed by atoms with E-state index in [9.17, 15) is 8.42 Å². The van der Waals surface area contributed by atoms with E-state index in [1.165, 1.54) is 63.2 Å². The van der Waals surface area contributed by atoms with E-state index in [0.29, 0.717) is 6.42 Å². The Kier molecular flexibility index (Phi) is 12.5. The van der Waals surface area contributed by atoms with Gasteiger partial charge in [0.05, 0.1) is 0 Å². The molecule has 0 saturated heterocycles. The lowest BCUT2D eigenvalue weighted by molar-refractivity contribution is 0.559. The van der Waals surface area contributed by atoms with Crippen LogP contribution in [0.15, 0.2) is 0 Å². The third-order valence-electron chi connectivity index (χ3n) is 2.81. The largest absolute Gasteiger partial charge is 0.209 e. The van der Waals surface area contributed by atoms with E-state index >= 15 is 0 Å². The second-order valence-electron chi connectivity index (χ2n) is 4.40. The molecule has 16 heavy (non-hydrogen) atoms. The Hall–Kier alpha value is -0.310. The standard InChI is InChI=1S/C13H26O2S/c1-2-3-4-5-6-7-8-9-10-11-12-13-16(14)15/h13H,2-12H2,1H3. The van der Waals surface area contributed by atoms with Crippen molar-refractivity contribution < 1.29 is 8.42 Å². The van der Waals surface area contributed by atoms with Crippen molar-refractivity contribution in [2.24, 2.45) is 0 Å². The third-order valence-corrected chi connectivity index (χ3v) is 3.32. The average Bonchev–Trinajstić information content (AvgIpc) is 2.25. The van der Waals surface area contributed by atoms with Crippen LogP contribution in [0.3, 0.4) is 0 Å². The predicted molar refractivity (Wildman–Crippen MR) is 71.4 cm³/mol. The number of hydrogen-bond donors (Lipinski definition) is 0. The SMILES string of the molecule is CCCCCCCCCCCCC=S(=O)=O. The molecule has 0 atom stereocenters. The van der Waals surface area contributed by atoms with Gasteiger partial charge in [-0.2, -0.15) is 8.42 Å². The van der Waals surface area contributed by atoms with E-state index in [0.717, 1.165) is 6.42 Å². The molecule has 0 fully saturated rings. The Morgan fingerprint density at radius 3 is 1.62 bits per heavy atom. The Balaban J connectivity index is 3.01. The second-order valence-corrected chi connectivity index (χ2v) is 5.25. The first-order chi connectivity index (χ1) is 7.77. The minimum atomic E-state index is -1.95. The Morgan fingerprint density at radius 1 is 0.750 bits per heavy atom. The van der Waals surface area contributed by atoms with Gasteiger partial charge < -0.3 is 0 Å². The van der Waals surface area contributed by atoms with Gasteiger partial charge in [0.25, 0.3) is 0 Å². The lowest BCUT2D eigenvalue weighted by Crippen LogP contribution is -1.83. The van der Waals surface area contributed by atoms with Crippen LogP contribution < -0.4 is 0 Å². The zero-order valence-electron chi connectivity index (χ0n) is 10.6. The van der Waals surface area contributed by atoms with Gasteiger partial charge in [-0.1, -0.05) is 64.7 Å². The summed E-state index contributed by atoms with van der Waals surface area (Å²) in [6.07, 6.45) is 13.7. The van der Waals surface area contributed by atoms with Crippen LogP contribution in [0.25, 0.3) is 0 Å². The van der Waals surface area contributed by atoms with Crippen LogP contribution in [0, 0.1) is 0 Å². The highest BCUT2D eigenvalue weighted by molar-refractivity contribution is 7.71. The maximum atomic E-state index is 10.2. The van der Waals surface area contributed by atoms with E-state index in [-0.39, 0.29) is 0 Å². The van der Waals surface area contributed by atoms with Gasteiger partial charge >= 0.3 is 0 Å². The summed E-state index contributed by atoms with van der Waals surface area (Å²) in [6.45, 7) is 2.24. The summed E-state index contributed by atoms with van der Waals surface area (Å²) < 4.78 is 20.4. The van der Waals surface area contributed by atoms with Crippen LogP contribution in [0.4, 0.5) is 0 Å². The fourth-order valence-corrected chi connectivity index (χ4v) is 2.17. The molecule has 0 aromatic rings. The molecular formula is C13H26O2S. The van der Waals surface area contributed by atoms with E-state index in [2.05, 4.69) is 6.92 Å². The summed E-state index contributed by atoms with van der Waals surface area (Å²) >= 11 is 0. The van der Waals surface area contributed by atoms with E-state index < -0.39 is 10.3 Å². The molecule has 0 N–H and O–H groups in total. The monoisotopic (exact) mass is 246 g/mol. The van der Waals surface area contributed by atoms with Gasteiger partial charge in [0.1, 0.15) is 0 Å². The molecule has 0 unspecified atom stereocenters. The zero-order chi connectivity index (χ0) is 12.1. The molecule has 0 aromatic heterocycles. The lowest BCUT2D eigenvalue weighted by atomic mass is 10.1. The van der Waals surface area contributed by atoms with Gasteiger partial charge in [0, 0.05) is 5.37 Å². The minimum absolute atomic E-state index is 0.715. The molecule has 0 rings (SSSR count). The van der Waals surface area contributed by atoms with E-state index in [1.807, 2.05) is 0 Å². The minimum Gasteiger partial charge on any atom is -0.185 e. The quantitative estimate of drug-likeness (QED) is 0.408. The molecule has 0 saturated carbocycles. The van der Waals surface area contributed by atoms with Crippen molar-refractivity contribution in [3.05, 3.63) is 0 Å². The van der Waals surface area contributed by atoms with Crippen LogP contribution in [0.1, 0.15) is 77.6 Å². The van der Waals surface area contributed by atoms with Crippen molar-refractivity contribution in [3.63, 3.8) is 0 Å². The smallest absolute Gasteiger partial charge is 0.185 e. The van der Waals surface area contributed by atoms with Gasteiger partial charge in [0.2, 0.25) is 10.3 Å². The fourth-order valence-electron chi connectivity index (χ4n) is 1.81. The summed E-state index contributed by atoms with van der Waals surface area (Å²) in [5.41, 5.74) is 0. The van der Waals surface area contributed by atoms with E-state index in [1.54, 1.807) is 0 Å². The van der Waals surface area contributed by atoms with Gasteiger partial charge in [0.15, 0.2) is 0 Å². The Labute approximate surface area is 102 Å². The highest BCUT2D eigenvalue weighted by Gasteiger charge is 1.91. The summed E-state index contributed by atoms with van der Waals surface area (Å²) in [7, 11) is -1.95. The van der Waals surface area contributed by atoms with Crippen molar-refractivity contribution in [3.8, 4) is 0 Å². The summed E-state index contributed by atoms with van der Waals surface area (Å²) in [4.78, 5) is 0. The molecular weight excluding hydrogens is 220 g/mol. The van der Waals surface area contributed by atoms with Crippen molar-refractivity contribution >= 4 is 15.7 Å². The Morgan fingerprint density at radius 2 is 1.19 bits per heavy atom. The molecule has 0 bridgehead atoms. The van der Waals surface area contributed by atoms with Crippen LogP contribution in [-0.2, 0) is 10.3 Å². The predicted octanol–water partition coefficient (Wildman–Crippen LogP) is 3.98. The second kappa shape index (κ2) is 12.8. The fraction of sp³-hybridized carbons (Fsp3) is 0.923. The molecule has 0 amide bonds.